The van der Waals surface area contributed by atoms with Gasteiger partial charge in [-0.25, -0.2) is 4.98 Å². The van der Waals surface area contributed by atoms with Crippen molar-refractivity contribution in [3.63, 3.8) is 0 Å². The molecule has 16 heavy (non-hydrogen) atoms. The van der Waals surface area contributed by atoms with Crippen LogP contribution >= 0.6 is 0 Å². The maximum absolute atomic E-state index is 12.2. The lowest BCUT2D eigenvalue weighted by Crippen LogP contribution is -2.10. The Morgan fingerprint density at radius 3 is 1.69 bits per heavy atom. The molecule has 0 aliphatic heterocycles. The van der Waals surface area contributed by atoms with Crippen molar-refractivity contribution in [3.8, 4) is 0 Å². The number of aromatic nitrogens is 1. The molecule has 0 fully saturated rings. The van der Waals surface area contributed by atoms with Crippen molar-refractivity contribution in [1.82, 2.24) is 4.98 Å². The van der Waals surface area contributed by atoms with Gasteiger partial charge in [-0.2, -0.15) is 13.2 Å². The molecule has 0 aliphatic carbocycles. The van der Waals surface area contributed by atoms with Crippen LogP contribution in [-0.2, 0) is 6.18 Å². The second-order valence-corrected chi connectivity index (χ2v) is 2.62. The smallest absolute Gasteiger partial charge is 0.248 e. The summed E-state index contributed by atoms with van der Waals surface area (Å²) >= 11 is 0. The Kier molecular flexibility index (Phi) is 8.81. The van der Waals surface area contributed by atoms with E-state index in [-0.39, 0.29) is 5.56 Å². The van der Waals surface area contributed by atoms with Gasteiger partial charge in [-0.3, -0.25) is 0 Å². The predicted octanol–water partition coefficient (Wildman–Crippen LogP) is 4.77. The molecule has 0 spiro atoms. The summed E-state index contributed by atoms with van der Waals surface area (Å²) in [6.07, 6.45) is -4.34. The highest BCUT2D eigenvalue weighted by molar-refractivity contribution is 5.23. The number of hydrogen-bond donors (Lipinski definition) is 0. The predicted molar refractivity (Wildman–Crippen MR) is 61.4 cm³/mol. The third-order valence-electron chi connectivity index (χ3n) is 1.50. The Morgan fingerprint density at radius 1 is 0.938 bits per heavy atom. The highest BCUT2D eigenvalue weighted by atomic mass is 19.4. The van der Waals surface area contributed by atoms with E-state index >= 15 is 0 Å². The molecular formula is C12H20F3N. The average Bonchev–Trinajstić information content (AvgIpc) is 2.26. The second-order valence-electron chi connectivity index (χ2n) is 2.62. The summed E-state index contributed by atoms with van der Waals surface area (Å²) in [5.74, 6) is 0. The minimum absolute atomic E-state index is 0.160. The monoisotopic (exact) mass is 235 g/mol. The minimum atomic E-state index is -4.34. The molecule has 4 heteroatoms. The first kappa shape index (κ1) is 17.3. The largest absolute Gasteiger partial charge is 0.433 e. The van der Waals surface area contributed by atoms with Crippen LogP contribution in [0.3, 0.4) is 0 Å². The third-order valence-corrected chi connectivity index (χ3v) is 1.50. The van der Waals surface area contributed by atoms with Crippen molar-refractivity contribution in [3.05, 3.63) is 29.1 Å². The fraction of sp³-hybridized carbons (Fsp3) is 0.583. The zero-order valence-electron chi connectivity index (χ0n) is 10.7. The Hall–Kier alpha value is -1.06. The van der Waals surface area contributed by atoms with Crippen molar-refractivity contribution in [2.75, 3.05) is 0 Å². The lowest BCUT2D eigenvalue weighted by molar-refractivity contribution is -0.141. The van der Waals surface area contributed by atoms with Gasteiger partial charge in [0.15, 0.2) is 0 Å². The van der Waals surface area contributed by atoms with Crippen LogP contribution in [0.5, 0.6) is 0 Å². The molecule has 94 valence electrons. The molecule has 0 radical (unpaired) electrons. The lowest BCUT2D eigenvalue weighted by atomic mass is 10.2. The van der Waals surface area contributed by atoms with Gasteiger partial charge in [0.1, 0.15) is 5.69 Å². The third kappa shape index (κ3) is 5.73. The molecule has 1 aromatic rings. The van der Waals surface area contributed by atoms with Gasteiger partial charge < -0.3 is 0 Å². The molecule has 0 unspecified atom stereocenters. The minimum Gasteiger partial charge on any atom is -0.248 e. The molecule has 0 amide bonds. The summed E-state index contributed by atoms with van der Waals surface area (Å²) in [5.41, 5.74) is -0.247. The standard InChI is InChI=1S/C8H8F3N.2C2H6/c1-5-3-4-6(2)12-7(5)8(9,10)11;2*1-2/h3-4H,1-2H3;2*1-2H3. The van der Waals surface area contributed by atoms with Crippen molar-refractivity contribution in [2.24, 2.45) is 0 Å². The van der Waals surface area contributed by atoms with Crippen LogP contribution in [0.2, 0.25) is 0 Å². The summed E-state index contributed by atoms with van der Waals surface area (Å²) in [5, 5.41) is 0. The molecule has 0 saturated carbocycles. The van der Waals surface area contributed by atoms with Crippen LogP contribution in [0, 0.1) is 13.8 Å². The molecule has 1 aromatic heterocycles. The summed E-state index contributed by atoms with van der Waals surface area (Å²) < 4.78 is 36.5. The van der Waals surface area contributed by atoms with Gasteiger partial charge in [-0.15, -0.1) is 0 Å². The van der Waals surface area contributed by atoms with Gasteiger partial charge in [-0.05, 0) is 25.5 Å². The zero-order chi connectivity index (χ0) is 13.4. The Balaban J connectivity index is 0. The van der Waals surface area contributed by atoms with E-state index in [2.05, 4.69) is 4.98 Å². The highest BCUT2D eigenvalue weighted by Crippen LogP contribution is 2.29. The molecule has 0 saturated heterocycles. The van der Waals surface area contributed by atoms with Gasteiger partial charge in [-0.1, -0.05) is 33.8 Å². The molecule has 0 atom stereocenters. The quantitative estimate of drug-likeness (QED) is 0.631. The van der Waals surface area contributed by atoms with E-state index in [0.717, 1.165) is 0 Å². The van der Waals surface area contributed by atoms with E-state index < -0.39 is 11.9 Å². The number of rotatable bonds is 0. The SMILES string of the molecule is CC.CC.Cc1ccc(C)c(C(F)(F)F)n1. The van der Waals surface area contributed by atoms with E-state index in [0.29, 0.717) is 5.69 Å². The number of pyridine rings is 1. The Bertz CT molecular complexity index is 293. The maximum atomic E-state index is 12.2. The van der Waals surface area contributed by atoms with Crippen molar-refractivity contribution in [2.45, 2.75) is 47.7 Å². The van der Waals surface area contributed by atoms with E-state index in [9.17, 15) is 13.2 Å². The topological polar surface area (TPSA) is 12.9 Å². The number of hydrogen-bond acceptors (Lipinski definition) is 1. The van der Waals surface area contributed by atoms with Crippen molar-refractivity contribution < 1.29 is 13.2 Å². The van der Waals surface area contributed by atoms with Crippen LogP contribution in [0.15, 0.2) is 12.1 Å². The van der Waals surface area contributed by atoms with Gasteiger partial charge in [0, 0.05) is 5.69 Å². The summed E-state index contributed by atoms with van der Waals surface area (Å²) in [7, 11) is 0. The molecule has 1 nitrogen and oxygen atoms in total. The molecule has 0 bridgehead atoms. The molecular weight excluding hydrogens is 215 g/mol. The second kappa shape index (κ2) is 8.13. The highest BCUT2D eigenvalue weighted by Gasteiger charge is 2.34. The normalized spacial score (nSPS) is 9.56. The molecule has 0 N–H and O–H groups in total. The van der Waals surface area contributed by atoms with E-state index in [4.69, 9.17) is 0 Å². The summed E-state index contributed by atoms with van der Waals surface area (Å²) in [6, 6.07) is 2.98. The summed E-state index contributed by atoms with van der Waals surface area (Å²) in [6.45, 7) is 10.9. The first-order valence-electron chi connectivity index (χ1n) is 5.42. The molecule has 0 aliphatic rings. The number of aryl methyl sites for hydroxylation is 2. The number of halogens is 3. The molecule has 1 rings (SSSR count). The van der Waals surface area contributed by atoms with E-state index in [1.165, 1.54) is 19.9 Å². The lowest BCUT2D eigenvalue weighted by Gasteiger charge is -2.08. The van der Waals surface area contributed by atoms with Crippen LogP contribution in [-0.4, -0.2) is 4.98 Å². The van der Waals surface area contributed by atoms with E-state index in [1.807, 2.05) is 27.7 Å². The van der Waals surface area contributed by atoms with Crippen molar-refractivity contribution >= 4 is 0 Å². The number of nitrogens with zero attached hydrogens (tertiary/aromatic N) is 1. The average molecular weight is 235 g/mol. The fourth-order valence-corrected chi connectivity index (χ4v) is 0.913. The van der Waals surface area contributed by atoms with Gasteiger partial charge in [0.25, 0.3) is 0 Å². The van der Waals surface area contributed by atoms with Crippen LogP contribution in [0.4, 0.5) is 13.2 Å². The zero-order valence-corrected chi connectivity index (χ0v) is 10.7. The van der Waals surface area contributed by atoms with Crippen molar-refractivity contribution in [1.29, 1.82) is 0 Å². The van der Waals surface area contributed by atoms with Gasteiger partial charge in [0.2, 0.25) is 0 Å². The first-order chi connectivity index (χ1) is 7.41. The fourth-order valence-electron chi connectivity index (χ4n) is 0.913. The van der Waals surface area contributed by atoms with Crippen LogP contribution in [0.1, 0.15) is 44.6 Å². The van der Waals surface area contributed by atoms with Gasteiger partial charge in [0.05, 0.1) is 0 Å². The van der Waals surface area contributed by atoms with E-state index in [1.54, 1.807) is 6.07 Å². The Morgan fingerprint density at radius 2 is 1.38 bits per heavy atom. The number of alkyl halides is 3. The molecule has 0 aromatic carbocycles. The van der Waals surface area contributed by atoms with Crippen LogP contribution < -0.4 is 0 Å². The molecule has 1 heterocycles. The first-order valence-corrected chi connectivity index (χ1v) is 5.42. The summed E-state index contributed by atoms with van der Waals surface area (Å²) in [4.78, 5) is 3.42. The maximum Gasteiger partial charge on any atom is 0.433 e. The van der Waals surface area contributed by atoms with Crippen LogP contribution in [0.25, 0.3) is 0 Å². The van der Waals surface area contributed by atoms with Gasteiger partial charge >= 0.3 is 6.18 Å². The Labute approximate surface area is 95.7 Å².